The minimum absolute atomic E-state index is 0.0237. The third-order valence-electron chi connectivity index (χ3n) is 5.11. The number of carbonyl (C=O) groups is 3. The summed E-state index contributed by atoms with van der Waals surface area (Å²) in [5.41, 5.74) is 0.316. The SMILES string of the molecule is CC[C@H](C)NC(=O)NC(=O)COC(=O)c1cc([N+](=O)[O-])ccc1N1CCC(C)CC1. The summed E-state index contributed by atoms with van der Waals surface area (Å²) in [6.45, 7) is 6.58. The molecular weight excluding hydrogens is 392 g/mol. The zero-order valence-corrected chi connectivity index (χ0v) is 17.5. The minimum Gasteiger partial charge on any atom is -0.452 e. The number of amides is 3. The van der Waals surface area contributed by atoms with E-state index in [1.807, 2.05) is 11.8 Å². The molecule has 0 spiro atoms. The van der Waals surface area contributed by atoms with Crippen molar-refractivity contribution < 1.29 is 24.0 Å². The van der Waals surface area contributed by atoms with Crippen LogP contribution in [0.25, 0.3) is 0 Å². The van der Waals surface area contributed by atoms with Crippen molar-refractivity contribution in [2.24, 2.45) is 5.92 Å². The van der Waals surface area contributed by atoms with E-state index in [-0.39, 0.29) is 17.3 Å². The molecule has 1 aliphatic heterocycles. The van der Waals surface area contributed by atoms with Crippen LogP contribution in [-0.2, 0) is 9.53 Å². The number of nitro benzene ring substituents is 1. The van der Waals surface area contributed by atoms with Crippen molar-refractivity contribution in [1.29, 1.82) is 0 Å². The first-order chi connectivity index (χ1) is 14.2. The monoisotopic (exact) mass is 420 g/mol. The van der Waals surface area contributed by atoms with Crippen molar-refractivity contribution in [2.75, 3.05) is 24.6 Å². The summed E-state index contributed by atoms with van der Waals surface area (Å²) >= 11 is 0. The van der Waals surface area contributed by atoms with Gasteiger partial charge < -0.3 is 15.0 Å². The fraction of sp³-hybridized carbons (Fsp3) is 0.550. The van der Waals surface area contributed by atoms with Gasteiger partial charge >= 0.3 is 12.0 Å². The van der Waals surface area contributed by atoms with Gasteiger partial charge in [0.2, 0.25) is 0 Å². The highest BCUT2D eigenvalue weighted by Crippen LogP contribution is 2.29. The zero-order valence-electron chi connectivity index (χ0n) is 17.5. The molecule has 1 aromatic carbocycles. The van der Waals surface area contributed by atoms with Gasteiger partial charge in [-0.1, -0.05) is 13.8 Å². The van der Waals surface area contributed by atoms with Crippen LogP contribution < -0.4 is 15.5 Å². The van der Waals surface area contributed by atoms with Crippen LogP contribution in [0.1, 0.15) is 50.4 Å². The van der Waals surface area contributed by atoms with Gasteiger partial charge in [-0.05, 0) is 38.2 Å². The molecule has 0 saturated carbocycles. The van der Waals surface area contributed by atoms with E-state index in [2.05, 4.69) is 17.6 Å². The Bertz CT molecular complexity index is 804. The summed E-state index contributed by atoms with van der Waals surface area (Å²) in [7, 11) is 0. The number of carbonyl (C=O) groups excluding carboxylic acids is 3. The number of benzene rings is 1. The number of urea groups is 1. The van der Waals surface area contributed by atoms with Crippen LogP contribution in [-0.4, -0.2) is 48.6 Å². The summed E-state index contributed by atoms with van der Waals surface area (Å²) in [5.74, 6) is -1.08. The Morgan fingerprint density at radius 1 is 1.30 bits per heavy atom. The molecule has 2 rings (SSSR count). The standard InChI is InChI=1S/C20H28N4O6/c1-4-14(3)21-20(27)22-18(25)12-30-19(26)16-11-15(24(28)29)5-6-17(16)23-9-7-13(2)8-10-23/h5-6,11,13-14H,4,7-10,12H2,1-3H3,(H2,21,22,25,27)/t14-/m0/s1. The first kappa shape index (κ1) is 23.1. The predicted octanol–water partition coefficient (Wildman–Crippen LogP) is 2.61. The molecular formula is C20H28N4O6. The molecule has 1 aromatic rings. The van der Waals surface area contributed by atoms with Crippen molar-refractivity contribution in [3.63, 3.8) is 0 Å². The van der Waals surface area contributed by atoms with Gasteiger partial charge in [0.15, 0.2) is 6.61 Å². The average molecular weight is 420 g/mol. The fourth-order valence-electron chi connectivity index (χ4n) is 3.06. The van der Waals surface area contributed by atoms with E-state index >= 15 is 0 Å². The second-order valence-corrected chi connectivity index (χ2v) is 7.54. The zero-order chi connectivity index (χ0) is 22.3. The summed E-state index contributed by atoms with van der Waals surface area (Å²) in [5, 5.41) is 15.8. The highest BCUT2D eigenvalue weighted by atomic mass is 16.6. The molecule has 1 fully saturated rings. The second-order valence-electron chi connectivity index (χ2n) is 7.54. The number of nitrogens with one attached hydrogen (secondary N) is 2. The molecule has 10 nitrogen and oxygen atoms in total. The summed E-state index contributed by atoms with van der Waals surface area (Å²) in [6.07, 6.45) is 2.58. The number of rotatable bonds is 7. The van der Waals surface area contributed by atoms with Gasteiger partial charge in [0.05, 0.1) is 16.2 Å². The van der Waals surface area contributed by atoms with Crippen molar-refractivity contribution in [2.45, 2.75) is 46.1 Å². The lowest BCUT2D eigenvalue weighted by Crippen LogP contribution is -2.44. The minimum atomic E-state index is -0.857. The fourth-order valence-corrected chi connectivity index (χ4v) is 3.06. The van der Waals surface area contributed by atoms with Crippen LogP contribution in [0.2, 0.25) is 0 Å². The van der Waals surface area contributed by atoms with Gasteiger partial charge in [-0.3, -0.25) is 20.2 Å². The van der Waals surface area contributed by atoms with Gasteiger partial charge in [0.25, 0.3) is 11.6 Å². The number of nitro groups is 1. The quantitative estimate of drug-likeness (QED) is 0.394. The van der Waals surface area contributed by atoms with E-state index in [0.29, 0.717) is 18.0 Å². The lowest BCUT2D eigenvalue weighted by molar-refractivity contribution is -0.384. The number of anilines is 1. The number of ether oxygens (including phenoxy) is 1. The number of nitrogens with zero attached hydrogens (tertiary/aromatic N) is 2. The summed E-state index contributed by atoms with van der Waals surface area (Å²) in [4.78, 5) is 48.7. The lowest BCUT2D eigenvalue weighted by atomic mass is 9.98. The molecule has 1 heterocycles. The molecule has 2 N–H and O–H groups in total. The maximum atomic E-state index is 12.6. The Kier molecular flexibility index (Phi) is 8.14. The highest BCUT2D eigenvalue weighted by molar-refractivity contribution is 5.99. The number of hydrogen-bond donors (Lipinski definition) is 2. The Hall–Kier alpha value is -3.17. The topological polar surface area (TPSA) is 131 Å². The van der Waals surface area contributed by atoms with Gasteiger partial charge in [-0.25, -0.2) is 9.59 Å². The normalized spacial score (nSPS) is 15.2. The predicted molar refractivity (Wildman–Crippen MR) is 110 cm³/mol. The van der Waals surface area contributed by atoms with E-state index in [1.165, 1.54) is 12.1 Å². The van der Waals surface area contributed by atoms with Gasteiger partial charge in [0.1, 0.15) is 0 Å². The van der Waals surface area contributed by atoms with Crippen molar-refractivity contribution in [3.8, 4) is 0 Å². The molecule has 0 radical (unpaired) electrons. The van der Waals surface area contributed by atoms with E-state index in [1.54, 1.807) is 6.92 Å². The largest absolute Gasteiger partial charge is 0.452 e. The highest BCUT2D eigenvalue weighted by Gasteiger charge is 2.25. The lowest BCUT2D eigenvalue weighted by Gasteiger charge is -2.33. The van der Waals surface area contributed by atoms with Crippen LogP contribution in [0.5, 0.6) is 0 Å². The van der Waals surface area contributed by atoms with Crippen LogP contribution in [0, 0.1) is 16.0 Å². The van der Waals surface area contributed by atoms with Crippen LogP contribution >= 0.6 is 0 Å². The van der Waals surface area contributed by atoms with Crippen molar-refractivity contribution in [3.05, 3.63) is 33.9 Å². The van der Waals surface area contributed by atoms with Gasteiger partial charge in [0, 0.05) is 31.3 Å². The molecule has 1 atom stereocenters. The molecule has 164 valence electrons. The number of hydrogen-bond acceptors (Lipinski definition) is 7. The van der Waals surface area contributed by atoms with Crippen LogP contribution in [0.3, 0.4) is 0 Å². The smallest absolute Gasteiger partial charge is 0.341 e. The first-order valence-corrected chi connectivity index (χ1v) is 10.0. The summed E-state index contributed by atoms with van der Waals surface area (Å²) in [6, 6.07) is 3.24. The Morgan fingerprint density at radius 3 is 2.57 bits per heavy atom. The maximum absolute atomic E-state index is 12.6. The van der Waals surface area contributed by atoms with Gasteiger partial charge in [-0.2, -0.15) is 0 Å². The maximum Gasteiger partial charge on any atom is 0.341 e. The molecule has 1 aliphatic rings. The molecule has 0 bridgehead atoms. The third-order valence-corrected chi connectivity index (χ3v) is 5.11. The van der Waals surface area contributed by atoms with Crippen LogP contribution in [0.15, 0.2) is 18.2 Å². The first-order valence-electron chi connectivity index (χ1n) is 10.0. The second kappa shape index (κ2) is 10.6. The average Bonchev–Trinajstić information content (AvgIpc) is 2.71. The van der Waals surface area contributed by atoms with E-state index in [4.69, 9.17) is 4.74 Å². The van der Waals surface area contributed by atoms with E-state index in [0.717, 1.165) is 32.0 Å². The molecule has 0 aliphatic carbocycles. The van der Waals surface area contributed by atoms with Crippen molar-refractivity contribution >= 4 is 29.3 Å². The number of imide groups is 1. The molecule has 30 heavy (non-hydrogen) atoms. The molecule has 0 unspecified atom stereocenters. The molecule has 3 amide bonds. The number of esters is 1. The third kappa shape index (κ3) is 6.43. The van der Waals surface area contributed by atoms with Crippen molar-refractivity contribution in [1.82, 2.24) is 10.6 Å². The molecule has 0 aromatic heterocycles. The number of non-ortho nitro benzene ring substituents is 1. The Morgan fingerprint density at radius 2 is 1.97 bits per heavy atom. The van der Waals surface area contributed by atoms with Gasteiger partial charge in [-0.15, -0.1) is 0 Å². The Balaban J connectivity index is 2.07. The van der Waals surface area contributed by atoms with Crippen LogP contribution in [0.4, 0.5) is 16.2 Å². The number of piperidine rings is 1. The Labute approximate surface area is 175 Å². The molecule has 10 heteroatoms. The summed E-state index contributed by atoms with van der Waals surface area (Å²) < 4.78 is 5.03. The van der Waals surface area contributed by atoms with E-state index < -0.39 is 29.4 Å². The van der Waals surface area contributed by atoms with E-state index in [9.17, 15) is 24.5 Å². The molecule has 1 saturated heterocycles.